The first-order valence-corrected chi connectivity index (χ1v) is 19.2. The van der Waals surface area contributed by atoms with Crippen molar-refractivity contribution >= 4 is 11.8 Å². The van der Waals surface area contributed by atoms with Crippen LogP contribution in [0.3, 0.4) is 0 Å². The van der Waals surface area contributed by atoms with E-state index in [9.17, 15) is 14.7 Å². The lowest BCUT2D eigenvalue weighted by Crippen LogP contribution is -2.60. The molecule has 1 aliphatic carbocycles. The molecule has 5 aromatic rings. The van der Waals surface area contributed by atoms with Crippen molar-refractivity contribution in [3.05, 3.63) is 144 Å². The highest BCUT2D eigenvalue weighted by Gasteiger charge is 2.42. The number of hydrogen-bond acceptors (Lipinski definition) is 8. The van der Waals surface area contributed by atoms with Gasteiger partial charge in [0.05, 0.1) is 31.6 Å². The van der Waals surface area contributed by atoms with Crippen LogP contribution in [0.25, 0.3) is 0 Å². The fraction of sp³-hybridized carbons (Fsp3) is 0.395. The summed E-state index contributed by atoms with van der Waals surface area (Å²) in [4.78, 5) is 39.0. The van der Waals surface area contributed by atoms with Crippen LogP contribution in [0.15, 0.2) is 116 Å². The van der Waals surface area contributed by atoms with E-state index in [1.807, 2.05) is 91.0 Å². The Balaban J connectivity index is 1.32. The van der Waals surface area contributed by atoms with E-state index in [1.165, 1.54) is 4.90 Å². The molecule has 6 rings (SSSR count). The SMILES string of the molecule is NC(=O)[C@H](Cc1cncn1COCc1ccccc1)N(C(=O)[C@@H](N)Cc1ccccc1)[C@@H](CC1CCCCC1)C(O)c1nccn1COCc1ccccc1. The lowest BCUT2D eigenvalue weighted by atomic mass is 9.82. The summed E-state index contributed by atoms with van der Waals surface area (Å²) in [5.41, 5.74) is 16.6. The molecule has 290 valence electrons. The molecule has 0 aliphatic heterocycles. The summed E-state index contributed by atoms with van der Waals surface area (Å²) >= 11 is 0. The molecule has 0 radical (unpaired) electrons. The molecule has 2 amide bonds. The minimum Gasteiger partial charge on any atom is -0.383 e. The highest BCUT2D eigenvalue weighted by molar-refractivity contribution is 5.89. The van der Waals surface area contributed by atoms with Crippen molar-refractivity contribution in [3.8, 4) is 0 Å². The van der Waals surface area contributed by atoms with Crippen LogP contribution in [0.2, 0.25) is 0 Å². The Labute approximate surface area is 323 Å². The van der Waals surface area contributed by atoms with E-state index in [4.69, 9.17) is 20.9 Å². The maximum Gasteiger partial charge on any atom is 0.240 e. The summed E-state index contributed by atoms with van der Waals surface area (Å²) in [6.45, 7) is 1.05. The molecular weight excluding hydrogens is 695 g/mol. The monoisotopic (exact) mass is 747 g/mol. The van der Waals surface area contributed by atoms with Gasteiger partial charge in [0, 0.05) is 30.7 Å². The number of aromatic nitrogens is 4. The van der Waals surface area contributed by atoms with E-state index < -0.39 is 36.0 Å². The third kappa shape index (κ3) is 11.0. The van der Waals surface area contributed by atoms with Gasteiger partial charge in [-0.1, -0.05) is 123 Å². The Morgan fingerprint density at radius 2 is 1.40 bits per heavy atom. The van der Waals surface area contributed by atoms with E-state index in [-0.39, 0.29) is 32.2 Å². The zero-order chi connectivity index (χ0) is 38.4. The van der Waals surface area contributed by atoms with Crippen molar-refractivity contribution in [3.63, 3.8) is 0 Å². The number of benzene rings is 3. The predicted octanol–water partition coefficient (Wildman–Crippen LogP) is 5.30. The average Bonchev–Trinajstić information content (AvgIpc) is 3.88. The molecule has 0 saturated heterocycles. The number of ether oxygens (including phenoxy) is 2. The van der Waals surface area contributed by atoms with Crippen molar-refractivity contribution in [2.75, 3.05) is 0 Å². The number of imidazole rings is 2. The summed E-state index contributed by atoms with van der Waals surface area (Å²) in [5, 5.41) is 12.5. The smallest absolute Gasteiger partial charge is 0.240 e. The van der Waals surface area contributed by atoms with Crippen LogP contribution in [0.4, 0.5) is 0 Å². The van der Waals surface area contributed by atoms with Gasteiger partial charge >= 0.3 is 0 Å². The van der Waals surface area contributed by atoms with E-state index in [1.54, 1.807) is 34.1 Å². The van der Waals surface area contributed by atoms with Gasteiger partial charge in [-0.2, -0.15) is 0 Å². The Hall–Kier alpha value is -5.14. The maximum atomic E-state index is 14.9. The summed E-state index contributed by atoms with van der Waals surface area (Å²) in [6.07, 6.45) is 11.2. The van der Waals surface area contributed by atoms with Gasteiger partial charge in [0.2, 0.25) is 11.8 Å². The van der Waals surface area contributed by atoms with Gasteiger partial charge < -0.3 is 40.1 Å². The van der Waals surface area contributed by atoms with Crippen LogP contribution >= 0.6 is 0 Å². The molecule has 1 saturated carbocycles. The number of hydrogen-bond donors (Lipinski definition) is 3. The largest absolute Gasteiger partial charge is 0.383 e. The second kappa shape index (κ2) is 20.0. The summed E-state index contributed by atoms with van der Waals surface area (Å²) < 4.78 is 15.6. The molecule has 4 atom stereocenters. The third-order valence-corrected chi connectivity index (χ3v) is 10.5. The first-order valence-electron chi connectivity index (χ1n) is 19.2. The highest BCUT2D eigenvalue weighted by Crippen LogP contribution is 2.35. The van der Waals surface area contributed by atoms with E-state index in [0.717, 1.165) is 48.8 Å². The van der Waals surface area contributed by atoms with Crippen molar-refractivity contribution in [2.24, 2.45) is 17.4 Å². The molecule has 0 bridgehead atoms. The molecule has 55 heavy (non-hydrogen) atoms. The summed E-state index contributed by atoms with van der Waals surface area (Å²) in [6, 6.07) is 26.1. The second-order valence-corrected chi connectivity index (χ2v) is 14.5. The van der Waals surface area contributed by atoms with Crippen LogP contribution in [0, 0.1) is 5.92 Å². The lowest BCUT2D eigenvalue weighted by Gasteiger charge is -2.42. The van der Waals surface area contributed by atoms with Gasteiger partial charge in [0.25, 0.3) is 0 Å². The van der Waals surface area contributed by atoms with Gasteiger partial charge in [0.1, 0.15) is 31.4 Å². The van der Waals surface area contributed by atoms with Crippen molar-refractivity contribution in [1.82, 2.24) is 24.0 Å². The Kier molecular flexibility index (Phi) is 14.4. The molecule has 1 unspecified atom stereocenters. The number of aliphatic hydroxyl groups excluding tert-OH is 1. The second-order valence-electron chi connectivity index (χ2n) is 14.5. The van der Waals surface area contributed by atoms with Gasteiger partial charge in [0.15, 0.2) is 0 Å². The Morgan fingerprint density at radius 1 is 0.818 bits per heavy atom. The molecule has 12 nitrogen and oxygen atoms in total. The van der Waals surface area contributed by atoms with Gasteiger partial charge in [-0.05, 0) is 35.4 Å². The third-order valence-electron chi connectivity index (χ3n) is 10.5. The van der Waals surface area contributed by atoms with Gasteiger partial charge in [-0.3, -0.25) is 9.59 Å². The first-order chi connectivity index (χ1) is 26.9. The number of amides is 2. The number of carbonyl (C=O) groups is 2. The number of primary amides is 1. The van der Waals surface area contributed by atoms with Crippen LogP contribution in [0.1, 0.15) is 72.8 Å². The normalized spacial score (nSPS) is 15.6. The van der Waals surface area contributed by atoms with Gasteiger partial charge in [-0.15, -0.1) is 0 Å². The minimum absolute atomic E-state index is 0.0380. The number of nitrogens with zero attached hydrogens (tertiary/aromatic N) is 5. The quantitative estimate of drug-likeness (QED) is 0.0967. The summed E-state index contributed by atoms with van der Waals surface area (Å²) in [7, 11) is 0. The molecule has 5 N–H and O–H groups in total. The maximum absolute atomic E-state index is 14.9. The topological polar surface area (TPSA) is 164 Å². The average molecular weight is 748 g/mol. The van der Waals surface area contributed by atoms with E-state index in [2.05, 4.69) is 9.97 Å². The van der Waals surface area contributed by atoms with Crippen LogP contribution < -0.4 is 11.5 Å². The molecule has 2 aromatic heterocycles. The Morgan fingerprint density at radius 3 is 2.00 bits per heavy atom. The molecular formula is C43H53N7O5. The molecule has 1 aliphatic rings. The molecule has 2 heterocycles. The van der Waals surface area contributed by atoms with Crippen LogP contribution in [-0.2, 0) is 58.6 Å². The van der Waals surface area contributed by atoms with E-state index >= 15 is 0 Å². The molecule has 0 spiro atoms. The molecule has 3 aromatic carbocycles. The Bertz CT molecular complexity index is 1900. The van der Waals surface area contributed by atoms with Crippen molar-refractivity contribution in [2.45, 2.75) is 102 Å². The summed E-state index contributed by atoms with van der Waals surface area (Å²) in [5.74, 6) is -0.658. The number of aliphatic hydroxyl groups is 1. The lowest BCUT2D eigenvalue weighted by molar-refractivity contribution is -0.147. The zero-order valence-corrected chi connectivity index (χ0v) is 31.3. The van der Waals surface area contributed by atoms with Crippen molar-refractivity contribution in [1.29, 1.82) is 0 Å². The number of carbonyl (C=O) groups excluding carboxylic acids is 2. The molecule has 1 fully saturated rings. The number of nitrogens with two attached hydrogens (primary N) is 2. The fourth-order valence-electron chi connectivity index (χ4n) is 7.56. The minimum atomic E-state index is -1.29. The standard InChI is InChI=1S/C43H53N7O5/c44-37(23-32-13-5-1-6-14-32)43(53)50(39(41(45)52)25-36-26-46-29-49(36)31-55-28-35-19-11-4-12-20-35)38(24-33-15-7-2-8-16-33)40(51)42-47-21-22-48(42)30-54-27-34-17-9-3-10-18-34/h1,3-6,9-14,17-22,26,29,33,37-40,51H,2,7-8,15-16,23-25,27-28,30-31,44H2,(H2,45,52)/t37-,38-,39-,40?/m0/s1. The van der Waals surface area contributed by atoms with Crippen LogP contribution in [0.5, 0.6) is 0 Å². The van der Waals surface area contributed by atoms with Gasteiger partial charge in [-0.25, -0.2) is 9.97 Å². The van der Waals surface area contributed by atoms with Crippen LogP contribution in [-0.4, -0.2) is 59.0 Å². The number of rotatable bonds is 20. The highest BCUT2D eigenvalue weighted by atomic mass is 16.5. The first kappa shape index (κ1) is 39.6. The van der Waals surface area contributed by atoms with Crippen molar-refractivity contribution < 1.29 is 24.2 Å². The molecule has 12 heteroatoms. The van der Waals surface area contributed by atoms with E-state index in [0.29, 0.717) is 31.2 Å². The predicted molar refractivity (Wildman–Crippen MR) is 209 cm³/mol. The fourth-order valence-corrected chi connectivity index (χ4v) is 7.56. The zero-order valence-electron chi connectivity index (χ0n) is 31.3.